The number of nitrogens with zero attached hydrogens (tertiary/aromatic N) is 1. The number of methoxy groups -OCH3 is 2. The Kier molecular flexibility index (Phi) is 4.16. The standard InChI is InChI=1S/C14H17NO4/c1-18-13(16)11-8-12(14(17)19-2)15(11)9-10-6-4-3-5-7-10/h3-7,11-12H,8-9H2,1-2H3/t11-,12-/m0/s1. The van der Waals surface area contributed by atoms with E-state index in [0.29, 0.717) is 13.0 Å². The Morgan fingerprint density at radius 2 is 1.63 bits per heavy atom. The van der Waals surface area contributed by atoms with Gasteiger partial charge in [-0.1, -0.05) is 30.3 Å². The lowest BCUT2D eigenvalue weighted by Gasteiger charge is -2.44. The van der Waals surface area contributed by atoms with E-state index in [4.69, 9.17) is 9.47 Å². The maximum atomic E-state index is 11.6. The molecule has 1 aliphatic heterocycles. The van der Waals surface area contributed by atoms with Gasteiger partial charge in [0, 0.05) is 6.54 Å². The lowest BCUT2D eigenvalue weighted by molar-refractivity contribution is -0.168. The van der Waals surface area contributed by atoms with Gasteiger partial charge in [0.1, 0.15) is 12.1 Å². The van der Waals surface area contributed by atoms with Gasteiger partial charge >= 0.3 is 11.9 Å². The highest BCUT2D eigenvalue weighted by molar-refractivity contribution is 5.84. The molecule has 1 fully saturated rings. The molecule has 2 atom stereocenters. The first-order chi connectivity index (χ1) is 9.17. The Hall–Kier alpha value is -1.88. The van der Waals surface area contributed by atoms with Crippen LogP contribution in [-0.2, 0) is 25.6 Å². The molecule has 5 nitrogen and oxygen atoms in total. The average Bonchev–Trinajstić information content (AvgIpc) is 2.44. The van der Waals surface area contributed by atoms with E-state index >= 15 is 0 Å². The van der Waals surface area contributed by atoms with Gasteiger partial charge in [0.25, 0.3) is 0 Å². The van der Waals surface area contributed by atoms with Crippen molar-refractivity contribution in [1.29, 1.82) is 0 Å². The van der Waals surface area contributed by atoms with E-state index in [1.165, 1.54) is 14.2 Å². The number of esters is 2. The first-order valence-corrected chi connectivity index (χ1v) is 6.12. The number of rotatable bonds is 4. The summed E-state index contributed by atoms with van der Waals surface area (Å²) in [5.41, 5.74) is 1.05. The van der Waals surface area contributed by atoms with Crippen LogP contribution in [0.4, 0.5) is 0 Å². The molecule has 1 aromatic rings. The van der Waals surface area contributed by atoms with Crippen LogP contribution >= 0.6 is 0 Å². The predicted octanol–water partition coefficient (Wildman–Crippen LogP) is 0.975. The van der Waals surface area contributed by atoms with Crippen LogP contribution in [0.15, 0.2) is 30.3 Å². The largest absolute Gasteiger partial charge is 0.468 e. The summed E-state index contributed by atoms with van der Waals surface area (Å²) in [6.45, 7) is 0.528. The summed E-state index contributed by atoms with van der Waals surface area (Å²) in [7, 11) is 2.71. The van der Waals surface area contributed by atoms with Crippen LogP contribution in [0.25, 0.3) is 0 Å². The van der Waals surface area contributed by atoms with Gasteiger partial charge in [-0.05, 0) is 12.0 Å². The zero-order valence-corrected chi connectivity index (χ0v) is 11.0. The molecule has 0 unspecified atom stereocenters. The van der Waals surface area contributed by atoms with Crippen molar-refractivity contribution in [2.75, 3.05) is 14.2 Å². The van der Waals surface area contributed by atoms with Crippen LogP contribution in [0.1, 0.15) is 12.0 Å². The number of likely N-dealkylation sites (tertiary alicyclic amines) is 1. The fourth-order valence-electron chi connectivity index (χ4n) is 2.31. The molecule has 1 aliphatic rings. The second-order valence-electron chi connectivity index (χ2n) is 4.47. The van der Waals surface area contributed by atoms with Gasteiger partial charge in [-0.3, -0.25) is 14.5 Å². The van der Waals surface area contributed by atoms with E-state index in [0.717, 1.165) is 5.56 Å². The second kappa shape index (κ2) is 5.84. The third-order valence-corrected chi connectivity index (χ3v) is 3.40. The zero-order chi connectivity index (χ0) is 13.8. The minimum Gasteiger partial charge on any atom is -0.468 e. The Morgan fingerprint density at radius 3 is 2.11 bits per heavy atom. The summed E-state index contributed by atoms with van der Waals surface area (Å²) < 4.78 is 9.50. The molecule has 0 N–H and O–H groups in total. The number of hydrogen-bond donors (Lipinski definition) is 0. The number of carbonyl (C=O) groups is 2. The van der Waals surface area contributed by atoms with Gasteiger partial charge in [-0.2, -0.15) is 0 Å². The molecular weight excluding hydrogens is 246 g/mol. The van der Waals surface area contributed by atoms with Gasteiger partial charge in [0.15, 0.2) is 0 Å². The Balaban J connectivity index is 2.10. The van der Waals surface area contributed by atoms with Crippen LogP contribution < -0.4 is 0 Å². The molecule has 1 saturated heterocycles. The molecule has 0 spiro atoms. The minimum atomic E-state index is -0.366. The third kappa shape index (κ3) is 2.76. The van der Waals surface area contributed by atoms with E-state index in [-0.39, 0.29) is 24.0 Å². The molecule has 19 heavy (non-hydrogen) atoms. The van der Waals surface area contributed by atoms with Crippen molar-refractivity contribution in [3.63, 3.8) is 0 Å². The monoisotopic (exact) mass is 263 g/mol. The van der Waals surface area contributed by atoms with Crippen molar-refractivity contribution >= 4 is 11.9 Å². The van der Waals surface area contributed by atoms with Crippen molar-refractivity contribution in [1.82, 2.24) is 4.90 Å². The van der Waals surface area contributed by atoms with Gasteiger partial charge in [0.2, 0.25) is 0 Å². The van der Waals surface area contributed by atoms with Crippen LogP contribution in [0.3, 0.4) is 0 Å². The topological polar surface area (TPSA) is 55.8 Å². The smallest absolute Gasteiger partial charge is 0.323 e. The summed E-state index contributed by atoms with van der Waals surface area (Å²) in [6.07, 6.45) is 0.451. The van der Waals surface area contributed by atoms with Crippen molar-refractivity contribution in [3.8, 4) is 0 Å². The van der Waals surface area contributed by atoms with Crippen LogP contribution in [0.2, 0.25) is 0 Å². The lowest BCUT2D eigenvalue weighted by Crippen LogP contribution is -2.62. The normalized spacial score (nSPS) is 22.4. The van der Waals surface area contributed by atoms with Gasteiger partial charge in [0.05, 0.1) is 14.2 Å². The van der Waals surface area contributed by atoms with E-state index < -0.39 is 0 Å². The molecule has 0 saturated carbocycles. The van der Waals surface area contributed by atoms with Crippen molar-refractivity contribution in [2.24, 2.45) is 0 Å². The van der Waals surface area contributed by atoms with Gasteiger partial charge in [-0.25, -0.2) is 0 Å². The summed E-state index contributed by atoms with van der Waals surface area (Å²) in [6, 6.07) is 8.96. The first-order valence-electron chi connectivity index (χ1n) is 6.12. The first kappa shape index (κ1) is 13.5. The van der Waals surface area contributed by atoms with Crippen LogP contribution in [-0.4, -0.2) is 43.1 Å². The van der Waals surface area contributed by atoms with E-state index in [9.17, 15) is 9.59 Å². The SMILES string of the molecule is COC(=O)[C@@H]1C[C@@H](C(=O)OC)N1Cc1ccccc1. The molecule has 0 bridgehead atoms. The second-order valence-corrected chi connectivity index (χ2v) is 4.47. The van der Waals surface area contributed by atoms with Crippen LogP contribution in [0, 0.1) is 0 Å². The number of benzene rings is 1. The minimum absolute atomic E-state index is 0.309. The Labute approximate surface area is 112 Å². The Bertz CT molecular complexity index is 438. The maximum absolute atomic E-state index is 11.6. The fourth-order valence-corrected chi connectivity index (χ4v) is 2.31. The van der Waals surface area contributed by atoms with Crippen molar-refractivity contribution < 1.29 is 19.1 Å². The van der Waals surface area contributed by atoms with Crippen LogP contribution in [0.5, 0.6) is 0 Å². The molecule has 0 aliphatic carbocycles. The lowest BCUT2D eigenvalue weighted by atomic mass is 9.91. The maximum Gasteiger partial charge on any atom is 0.323 e. The fraction of sp³-hybridized carbons (Fsp3) is 0.429. The molecule has 0 amide bonds. The summed E-state index contributed by atoms with van der Waals surface area (Å²) in [5.74, 6) is -0.618. The number of hydrogen-bond acceptors (Lipinski definition) is 5. The van der Waals surface area contributed by atoms with E-state index in [1.54, 1.807) is 0 Å². The van der Waals surface area contributed by atoms with Gasteiger partial charge in [-0.15, -0.1) is 0 Å². The number of ether oxygens (including phenoxy) is 2. The quantitative estimate of drug-likeness (QED) is 0.758. The number of carbonyl (C=O) groups excluding carboxylic acids is 2. The molecule has 0 radical (unpaired) electrons. The molecule has 102 valence electrons. The van der Waals surface area contributed by atoms with Gasteiger partial charge < -0.3 is 9.47 Å². The molecule has 2 rings (SSSR count). The molecule has 1 heterocycles. The van der Waals surface area contributed by atoms with Crippen molar-refractivity contribution in [3.05, 3.63) is 35.9 Å². The van der Waals surface area contributed by atoms with E-state index in [1.807, 2.05) is 35.2 Å². The molecule has 0 aromatic heterocycles. The molecular formula is C14H17NO4. The third-order valence-electron chi connectivity index (χ3n) is 3.40. The molecule has 5 heteroatoms. The summed E-state index contributed by atoms with van der Waals surface area (Å²) in [4.78, 5) is 25.1. The zero-order valence-electron chi connectivity index (χ0n) is 11.0. The average molecular weight is 263 g/mol. The molecule has 1 aromatic carbocycles. The van der Waals surface area contributed by atoms with E-state index in [2.05, 4.69) is 0 Å². The summed E-state index contributed by atoms with van der Waals surface area (Å²) >= 11 is 0. The Morgan fingerprint density at radius 1 is 1.11 bits per heavy atom. The highest BCUT2D eigenvalue weighted by Crippen LogP contribution is 2.29. The summed E-state index contributed by atoms with van der Waals surface area (Å²) in [5, 5.41) is 0. The highest BCUT2D eigenvalue weighted by atomic mass is 16.5. The highest BCUT2D eigenvalue weighted by Gasteiger charge is 2.47. The predicted molar refractivity (Wildman–Crippen MR) is 68.2 cm³/mol. The van der Waals surface area contributed by atoms with Crippen molar-refractivity contribution in [2.45, 2.75) is 25.0 Å².